The van der Waals surface area contributed by atoms with Crippen LogP contribution in [0.2, 0.25) is 0 Å². The van der Waals surface area contributed by atoms with Crippen molar-refractivity contribution in [2.75, 3.05) is 6.54 Å². The first kappa shape index (κ1) is 11.8. The van der Waals surface area contributed by atoms with Crippen molar-refractivity contribution in [1.29, 1.82) is 0 Å². The van der Waals surface area contributed by atoms with Gasteiger partial charge in [0.25, 0.3) is 0 Å². The van der Waals surface area contributed by atoms with Crippen LogP contribution in [-0.4, -0.2) is 17.6 Å². The molecule has 1 aromatic heterocycles. The van der Waals surface area contributed by atoms with Gasteiger partial charge in [-0.1, -0.05) is 19.0 Å². The van der Waals surface area contributed by atoms with E-state index >= 15 is 0 Å². The van der Waals surface area contributed by atoms with Gasteiger partial charge >= 0.3 is 0 Å². The molecule has 0 saturated carbocycles. The van der Waals surface area contributed by atoms with Crippen LogP contribution in [0.1, 0.15) is 32.3 Å². The minimum Gasteiger partial charge on any atom is -0.364 e. The highest BCUT2D eigenvalue weighted by Gasteiger charge is 2.03. The van der Waals surface area contributed by atoms with Crippen molar-refractivity contribution in [2.45, 2.75) is 33.1 Å². The van der Waals surface area contributed by atoms with Crippen molar-refractivity contribution in [3.8, 4) is 0 Å². The van der Waals surface area contributed by atoms with Crippen LogP contribution >= 0.6 is 0 Å². The number of hydrogen-bond donors (Lipinski definition) is 1. The standard InChI is InChI=1S/C11H18N2O2/c1-9(2)6-11(14)12-5-3-4-10-7-13-15-8-10/h7-9H,3-6H2,1-2H3,(H,12,14). The molecule has 4 nitrogen and oxygen atoms in total. The minimum absolute atomic E-state index is 0.135. The number of amides is 1. The summed E-state index contributed by atoms with van der Waals surface area (Å²) in [4.78, 5) is 11.3. The van der Waals surface area contributed by atoms with Gasteiger partial charge in [0.1, 0.15) is 6.26 Å². The van der Waals surface area contributed by atoms with Crippen molar-refractivity contribution in [2.24, 2.45) is 5.92 Å². The average Bonchev–Trinajstić information content (AvgIpc) is 2.63. The molecular formula is C11H18N2O2. The first-order chi connectivity index (χ1) is 7.18. The molecule has 15 heavy (non-hydrogen) atoms. The molecule has 1 amide bonds. The molecule has 0 aliphatic rings. The van der Waals surface area contributed by atoms with Crippen molar-refractivity contribution in [3.63, 3.8) is 0 Å². The van der Waals surface area contributed by atoms with Crippen molar-refractivity contribution in [1.82, 2.24) is 10.5 Å². The second-order valence-corrected chi connectivity index (χ2v) is 4.08. The Hall–Kier alpha value is -1.32. The molecule has 0 aromatic carbocycles. The molecule has 0 atom stereocenters. The van der Waals surface area contributed by atoms with Crippen molar-refractivity contribution < 1.29 is 9.32 Å². The number of hydrogen-bond acceptors (Lipinski definition) is 3. The predicted molar refractivity (Wildman–Crippen MR) is 57.3 cm³/mol. The van der Waals surface area contributed by atoms with Crippen LogP contribution in [0.3, 0.4) is 0 Å². The zero-order valence-electron chi connectivity index (χ0n) is 9.32. The van der Waals surface area contributed by atoms with Gasteiger partial charge in [0.15, 0.2) is 0 Å². The van der Waals surface area contributed by atoms with E-state index in [9.17, 15) is 4.79 Å². The third-order valence-corrected chi connectivity index (χ3v) is 2.04. The monoisotopic (exact) mass is 210 g/mol. The molecule has 0 radical (unpaired) electrons. The molecule has 4 heteroatoms. The zero-order chi connectivity index (χ0) is 11.1. The second-order valence-electron chi connectivity index (χ2n) is 4.08. The molecule has 1 N–H and O–H groups in total. The second kappa shape index (κ2) is 6.22. The number of rotatable bonds is 6. The maximum Gasteiger partial charge on any atom is 0.220 e. The molecular weight excluding hydrogens is 192 g/mol. The molecule has 0 unspecified atom stereocenters. The van der Waals surface area contributed by atoms with Crippen LogP contribution in [0.25, 0.3) is 0 Å². The lowest BCUT2D eigenvalue weighted by Crippen LogP contribution is -2.25. The number of nitrogens with one attached hydrogen (secondary N) is 1. The normalized spacial score (nSPS) is 10.6. The fourth-order valence-corrected chi connectivity index (χ4v) is 1.31. The van der Waals surface area contributed by atoms with Crippen molar-refractivity contribution >= 4 is 5.91 Å². The van der Waals surface area contributed by atoms with Crippen LogP contribution in [0.4, 0.5) is 0 Å². The van der Waals surface area contributed by atoms with E-state index in [1.54, 1.807) is 12.5 Å². The molecule has 0 saturated heterocycles. The molecule has 0 fully saturated rings. The van der Waals surface area contributed by atoms with Gasteiger partial charge in [0, 0.05) is 18.5 Å². The summed E-state index contributed by atoms with van der Waals surface area (Å²) in [7, 11) is 0. The van der Waals surface area contributed by atoms with E-state index < -0.39 is 0 Å². The smallest absolute Gasteiger partial charge is 0.220 e. The summed E-state index contributed by atoms with van der Waals surface area (Å²) >= 11 is 0. The number of nitrogens with zero attached hydrogens (tertiary/aromatic N) is 1. The Balaban J connectivity index is 2.04. The van der Waals surface area contributed by atoms with E-state index in [0.717, 1.165) is 24.9 Å². The van der Waals surface area contributed by atoms with Gasteiger partial charge in [-0.3, -0.25) is 4.79 Å². The first-order valence-electron chi connectivity index (χ1n) is 5.33. The number of aromatic nitrogens is 1. The molecule has 0 spiro atoms. The highest BCUT2D eigenvalue weighted by atomic mass is 16.5. The SMILES string of the molecule is CC(C)CC(=O)NCCCc1cnoc1. The van der Waals surface area contributed by atoms with E-state index in [2.05, 4.69) is 10.5 Å². The maximum absolute atomic E-state index is 11.3. The lowest BCUT2D eigenvalue weighted by atomic mass is 10.1. The van der Waals surface area contributed by atoms with Crippen LogP contribution in [0.15, 0.2) is 17.0 Å². The Labute approximate surface area is 90.0 Å². The number of aryl methyl sites for hydroxylation is 1. The van der Waals surface area contributed by atoms with Crippen LogP contribution in [-0.2, 0) is 11.2 Å². The zero-order valence-corrected chi connectivity index (χ0v) is 9.32. The largest absolute Gasteiger partial charge is 0.364 e. The molecule has 84 valence electrons. The van der Waals surface area contributed by atoms with Crippen molar-refractivity contribution in [3.05, 3.63) is 18.0 Å². The van der Waals surface area contributed by atoms with Gasteiger partial charge in [-0.25, -0.2) is 0 Å². The average molecular weight is 210 g/mol. The lowest BCUT2D eigenvalue weighted by Gasteiger charge is -2.06. The van der Waals surface area contributed by atoms with E-state index in [0.29, 0.717) is 12.3 Å². The Kier molecular flexibility index (Phi) is 4.87. The Morgan fingerprint density at radius 3 is 3.00 bits per heavy atom. The van der Waals surface area contributed by atoms with Gasteiger partial charge < -0.3 is 9.84 Å². The quantitative estimate of drug-likeness (QED) is 0.728. The highest BCUT2D eigenvalue weighted by Crippen LogP contribution is 2.01. The highest BCUT2D eigenvalue weighted by molar-refractivity contribution is 5.75. The Morgan fingerprint density at radius 1 is 1.60 bits per heavy atom. The van der Waals surface area contributed by atoms with E-state index in [1.165, 1.54) is 0 Å². The number of carbonyl (C=O) groups excluding carboxylic acids is 1. The summed E-state index contributed by atoms with van der Waals surface area (Å²) < 4.78 is 4.71. The van der Waals surface area contributed by atoms with E-state index in [1.807, 2.05) is 13.8 Å². The number of carbonyl (C=O) groups is 1. The third kappa shape index (κ3) is 5.20. The molecule has 1 aromatic rings. The maximum atomic E-state index is 11.3. The summed E-state index contributed by atoms with van der Waals surface area (Å²) in [5.41, 5.74) is 1.08. The molecule has 1 rings (SSSR count). The molecule has 0 aliphatic heterocycles. The minimum atomic E-state index is 0.135. The summed E-state index contributed by atoms with van der Waals surface area (Å²) in [5, 5.41) is 6.50. The van der Waals surface area contributed by atoms with E-state index in [-0.39, 0.29) is 5.91 Å². The lowest BCUT2D eigenvalue weighted by molar-refractivity contribution is -0.121. The van der Waals surface area contributed by atoms with Crippen LogP contribution in [0.5, 0.6) is 0 Å². The van der Waals surface area contributed by atoms with E-state index in [4.69, 9.17) is 4.52 Å². The van der Waals surface area contributed by atoms with Gasteiger partial charge in [0.2, 0.25) is 5.91 Å². The summed E-state index contributed by atoms with van der Waals surface area (Å²) in [6.07, 6.45) is 5.76. The fraction of sp³-hybridized carbons (Fsp3) is 0.636. The Bertz CT molecular complexity index is 281. The molecule has 0 aliphatic carbocycles. The van der Waals surface area contributed by atoms with Gasteiger partial charge in [-0.15, -0.1) is 0 Å². The topological polar surface area (TPSA) is 55.1 Å². The summed E-state index contributed by atoms with van der Waals surface area (Å²) in [6, 6.07) is 0. The van der Waals surface area contributed by atoms with Gasteiger partial charge in [-0.05, 0) is 18.8 Å². The fourth-order valence-electron chi connectivity index (χ4n) is 1.31. The van der Waals surface area contributed by atoms with Crippen LogP contribution in [0, 0.1) is 5.92 Å². The summed E-state index contributed by atoms with van der Waals surface area (Å²) in [5.74, 6) is 0.554. The molecule has 1 heterocycles. The predicted octanol–water partition coefficient (Wildman–Crippen LogP) is 1.77. The summed E-state index contributed by atoms with van der Waals surface area (Å²) in [6.45, 7) is 4.80. The first-order valence-corrected chi connectivity index (χ1v) is 5.33. The van der Waals surface area contributed by atoms with Gasteiger partial charge in [0.05, 0.1) is 6.20 Å². The molecule has 0 bridgehead atoms. The van der Waals surface area contributed by atoms with Gasteiger partial charge in [-0.2, -0.15) is 0 Å². The van der Waals surface area contributed by atoms with Crippen LogP contribution < -0.4 is 5.32 Å². The third-order valence-electron chi connectivity index (χ3n) is 2.04. The Morgan fingerprint density at radius 2 is 2.40 bits per heavy atom.